The minimum absolute atomic E-state index is 0.0130. The monoisotopic (exact) mass is 264 g/mol. The van der Waals surface area contributed by atoms with E-state index in [0.29, 0.717) is 12.1 Å². The number of hydrogen-bond donors (Lipinski definition) is 2. The van der Waals surface area contributed by atoms with Gasteiger partial charge in [0.05, 0.1) is 5.69 Å². The minimum Gasteiger partial charge on any atom is -0.396 e. The molecule has 94 valence electrons. The maximum atomic E-state index is 12.9. The number of carbonyl (C=O) groups excluding carboxylic acids is 1. The Hall–Kier alpha value is -1.88. The fourth-order valence-electron chi connectivity index (χ4n) is 1.54. The van der Waals surface area contributed by atoms with E-state index in [1.165, 1.54) is 23.1 Å². The molecule has 0 spiro atoms. The van der Waals surface area contributed by atoms with Gasteiger partial charge in [-0.3, -0.25) is 4.79 Å². The predicted molar refractivity (Wildman–Crippen MR) is 71.2 cm³/mol. The largest absolute Gasteiger partial charge is 0.396 e. The van der Waals surface area contributed by atoms with Crippen LogP contribution < -0.4 is 11.1 Å². The first-order chi connectivity index (χ1) is 8.66. The number of thiophene rings is 1. The fraction of sp³-hybridized carbons (Fsp3) is 0.154. The van der Waals surface area contributed by atoms with Gasteiger partial charge < -0.3 is 11.1 Å². The second-order valence-corrected chi connectivity index (χ2v) is 4.85. The third-order valence-corrected chi connectivity index (χ3v) is 3.43. The molecule has 2 rings (SSSR count). The summed E-state index contributed by atoms with van der Waals surface area (Å²) < 4.78 is 12.9. The number of halogens is 1. The standard InChI is InChI=1S/C13H13FN2OS/c14-11-4-3-9(8-12(11)15)13(17)16-6-5-10-2-1-7-18-10/h1-4,7-8H,5-6,15H2,(H,16,17). The highest BCUT2D eigenvalue weighted by Crippen LogP contribution is 2.12. The Bertz CT molecular complexity index is 540. The van der Waals surface area contributed by atoms with E-state index in [9.17, 15) is 9.18 Å². The van der Waals surface area contributed by atoms with Crippen LogP contribution in [0.4, 0.5) is 10.1 Å². The highest BCUT2D eigenvalue weighted by atomic mass is 32.1. The SMILES string of the molecule is Nc1cc(C(=O)NCCc2cccs2)ccc1F. The number of amides is 1. The van der Waals surface area contributed by atoms with Crippen molar-refractivity contribution in [3.8, 4) is 0 Å². The Balaban J connectivity index is 1.89. The molecule has 0 atom stereocenters. The van der Waals surface area contributed by atoms with Crippen molar-refractivity contribution in [3.63, 3.8) is 0 Å². The molecule has 1 aromatic carbocycles. The van der Waals surface area contributed by atoms with Crippen molar-refractivity contribution in [1.82, 2.24) is 5.32 Å². The Morgan fingerprint density at radius 3 is 2.89 bits per heavy atom. The molecule has 2 aromatic rings. The number of carbonyl (C=O) groups is 1. The zero-order chi connectivity index (χ0) is 13.0. The summed E-state index contributed by atoms with van der Waals surface area (Å²) in [5.74, 6) is -0.747. The molecular formula is C13H13FN2OS. The Labute approximate surface area is 108 Å². The van der Waals surface area contributed by atoms with Crippen molar-refractivity contribution < 1.29 is 9.18 Å². The van der Waals surface area contributed by atoms with E-state index in [-0.39, 0.29) is 11.6 Å². The normalized spacial score (nSPS) is 10.3. The van der Waals surface area contributed by atoms with Gasteiger partial charge in [-0.05, 0) is 36.1 Å². The van der Waals surface area contributed by atoms with Crippen LogP contribution >= 0.6 is 11.3 Å². The number of nitrogens with one attached hydrogen (secondary N) is 1. The molecule has 0 aliphatic rings. The number of benzene rings is 1. The molecule has 0 bridgehead atoms. The lowest BCUT2D eigenvalue weighted by atomic mass is 10.2. The average molecular weight is 264 g/mol. The van der Waals surface area contributed by atoms with Crippen LogP contribution in [0.1, 0.15) is 15.2 Å². The van der Waals surface area contributed by atoms with E-state index in [0.717, 1.165) is 6.42 Å². The summed E-state index contributed by atoms with van der Waals surface area (Å²) in [4.78, 5) is 13.0. The third-order valence-electron chi connectivity index (χ3n) is 2.50. The van der Waals surface area contributed by atoms with Crippen LogP contribution in [-0.2, 0) is 6.42 Å². The van der Waals surface area contributed by atoms with Crippen molar-refractivity contribution >= 4 is 22.9 Å². The summed E-state index contributed by atoms with van der Waals surface area (Å²) in [5.41, 5.74) is 5.77. The highest BCUT2D eigenvalue weighted by molar-refractivity contribution is 7.09. The van der Waals surface area contributed by atoms with Crippen LogP contribution in [0, 0.1) is 5.82 Å². The lowest BCUT2D eigenvalue weighted by Crippen LogP contribution is -2.25. The molecule has 0 radical (unpaired) electrons. The van der Waals surface area contributed by atoms with Crippen molar-refractivity contribution in [2.75, 3.05) is 12.3 Å². The van der Waals surface area contributed by atoms with Crippen LogP contribution in [0.5, 0.6) is 0 Å². The van der Waals surface area contributed by atoms with Gasteiger partial charge in [0, 0.05) is 17.0 Å². The first-order valence-electron chi connectivity index (χ1n) is 5.52. The minimum atomic E-state index is -0.509. The van der Waals surface area contributed by atoms with Crippen molar-refractivity contribution in [3.05, 3.63) is 52.0 Å². The summed E-state index contributed by atoms with van der Waals surface area (Å²) in [6.07, 6.45) is 0.792. The first-order valence-corrected chi connectivity index (χ1v) is 6.40. The summed E-state index contributed by atoms with van der Waals surface area (Å²) in [7, 11) is 0. The van der Waals surface area contributed by atoms with Gasteiger partial charge in [0.25, 0.3) is 5.91 Å². The van der Waals surface area contributed by atoms with Crippen LogP contribution in [0.15, 0.2) is 35.7 Å². The maximum absolute atomic E-state index is 12.9. The number of nitrogens with two attached hydrogens (primary N) is 1. The van der Waals surface area contributed by atoms with E-state index >= 15 is 0 Å². The zero-order valence-corrected chi connectivity index (χ0v) is 10.5. The fourth-order valence-corrected chi connectivity index (χ4v) is 2.25. The van der Waals surface area contributed by atoms with Gasteiger partial charge in [0.1, 0.15) is 5.82 Å². The molecule has 1 amide bonds. The van der Waals surface area contributed by atoms with Crippen molar-refractivity contribution in [1.29, 1.82) is 0 Å². The van der Waals surface area contributed by atoms with Gasteiger partial charge in [-0.15, -0.1) is 11.3 Å². The third kappa shape index (κ3) is 3.07. The van der Waals surface area contributed by atoms with Crippen LogP contribution in [0.25, 0.3) is 0 Å². The molecule has 0 saturated heterocycles. The van der Waals surface area contributed by atoms with Gasteiger partial charge in [0.2, 0.25) is 0 Å². The maximum Gasteiger partial charge on any atom is 0.251 e. The molecule has 0 aliphatic carbocycles. The van der Waals surface area contributed by atoms with Gasteiger partial charge in [0.15, 0.2) is 0 Å². The zero-order valence-electron chi connectivity index (χ0n) is 9.65. The van der Waals surface area contributed by atoms with Crippen LogP contribution in [0.2, 0.25) is 0 Å². The van der Waals surface area contributed by atoms with E-state index in [4.69, 9.17) is 5.73 Å². The Kier molecular flexibility index (Phi) is 3.94. The average Bonchev–Trinajstić information content (AvgIpc) is 2.85. The van der Waals surface area contributed by atoms with Gasteiger partial charge in [-0.1, -0.05) is 6.07 Å². The topological polar surface area (TPSA) is 55.1 Å². The molecule has 3 nitrogen and oxygen atoms in total. The lowest BCUT2D eigenvalue weighted by Gasteiger charge is -2.05. The molecule has 0 saturated carbocycles. The van der Waals surface area contributed by atoms with Gasteiger partial charge in [-0.2, -0.15) is 0 Å². The summed E-state index contributed by atoms with van der Waals surface area (Å²) in [6, 6.07) is 7.96. The Morgan fingerprint density at radius 2 is 2.22 bits per heavy atom. The predicted octanol–water partition coefficient (Wildman–Crippen LogP) is 2.44. The number of hydrogen-bond acceptors (Lipinski definition) is 3. The van der Waals surface area contributed by atoms with E-state index in [2.05, 4.69) is 5.32 Å². The molecule has 5 heteroatoms. The second kappa shape index (κ2) is 5.64. The molecule has 0 unspecified atom stereocenters. The summed E-state index contributed by atoms with van der Waals surface area (Å²) in [6.45, 7) is 0.552. The summed E-state index contributed by atoms with van der Waals surface area (Å²) in [5, 5.41) is 4.77. The molecule has 0 aliphatic heterocycles. The molecule has 3 N–H and O–H groups in total. The summed E-state index contributed by atoms with van der Waals surface area (Å²) >= 11 is 1.65. The first kappa shape index (κ1) is 12.6. The van der Waals surface area contributed by atoms with Gasteiger partial charge in [-0.25, -0.2) is 4.39 Å². The number of nitrogen functional groups attached to an aromatic ring is 1. The van der Waals surface area contributed by atoms with E-state index in [1.54, 1.807) is 11.3 Å². The number of rotatable bonds is 4. The Morgan fingerprint density at radius 1 is 1.39 bits per heavy atom. The lowest BCUT2D eigenvalue weighted by molar-refractivity contribution is 0.0954. The molecular weight excluding hydrogens is 251 g/mol. The van der Waals surface area contributed by atoms with E-state index in [1.807, 2.05) is 17.5 Å². The smallest absolute Gasteiger partial charge is 0.251 e. The highest BCUT2D eigenvalue weighted by Gasteiger charge is 2.07. The van der Waals surface area contributed by atoms with Crippen molar-refractivity contribution in [2.24, 2.45) is 0 Å². The second-order valence-electron chi connectivity index (χ2n) is 3.82. The molecule has 0 fully saturated rings. The quantitative estimate of drug-likeness (QED) is 0.833. The molecule has 1 aromatic heterocycles. The van der Waals surface area contributed by atoms with Gasteiger partial charge >= 0.3 is 0 Å². The van der Waals surface area contributed by atoms with Crippen LogP contribution in [0.3, 0.4) is 0 Å². The van der Waals surface area contributed by atoms with Crippen LogP contribution in [-0.4, -0.2) is 12.5 Å². The molecule has 1 heterocycles. The van der Waals surface area contributed by atoms with E-state index < -0.39 is 5.82 Å². The molecule has 18 heavy (non-hydrogen) atoms. The number of anilines is 1. The van der Waals surface area contributed by atoms with Crippen molar-refractivity contribution in [2.45, 2.75) is 6.42 Å².